The number of benzene rings is 1. The van der Waals surface area contributed by atoms with Crippen molar-refractivity contribution in [3.05, 3.63) is 57.5 Å². The second kappa shape index (κ2) is 10.1. The van der Waals surface area contributed by atoms with Crippen LogP contribution in [0.4, 0.5) is 4.39 Å². The fourth-order valence-electron chi connectivity index (χ4n) is 4.76. The zero-order valence-corrected chi connectivity index (χ0v) is 19.7. The number of nitrogens with zero attached hydrogens (tertiary/aromatic N) is 3. The van der Waals surface area contributed by atoms with Crippen molar-refractivity contribution in [3.63, 3.8) is 0 Å². The molecule has 5 nitrogen and oxygen atoms in total. The van der Waals surface area contributed by atoms with Crippen molar-refractivity contribution < 1.29 is 14.0 Å². The molecule has 1 fully saturated rings. The van der Waals surface area contributed by atoms with Gasteiger partial charge in [-0.05, 0) is 47.0 Å². The molecule has 0 aliphatic carbocycles. The molecule has 4 rings (SSSR count). The second-order valence-electron chi connectivity index (χ2n) is 9.15. The van der Waals surface area contributed by atoms with Gasteiger partial charge in [0.2, 0.25) is 11.8 Å². The first-order valence-electron chi connectivity index (χ1n) is 11.5. The number of thiophene rings is 1. The fraction of sp³-hybridized carbons (Fsp3) is 0.520. The van der Waals surface area contributed by atoms with Gasteiger partial charge in [-0.25, -0.2) is 4.39 Å². The third-order valence-corrected chi connectivity index (χ3v) is 7.41. The molecule has 7 heteroatoms. The van der Waals surface area contributed by atoms with E-state index in [1.165, 1.54) is 16.5 Å². The summed E-state index contributed by atoms with van der Waals surface area (Å²) in [6, 6.07) is 8.94. The van der Waals surface area contributed by atoms with Gasteiger partial charge >= 0.3 is 0 Å². The van der Waals surface area contributed by atoms with Crippen LogP contribution in [0.1, 0.15) is 48.7 Å². The van der Waals surface area contributed by atoms with Crippen LogP contribution in [0.25, 0.3) is 0 Å². The highest BCUT2D eigenvalue weighted by Crippen LogP contribution is 2.37. The summed E-state index contributed by atoms with van der Waals surface area (Å²) in [5, 5.41) is 2.10. The van der Waals surface area contributed by atoms with E-state index in [9.17, 15) is 14.0 Å². The van der Waals surface area contributed by atoms with Gasteiger partial charge in [-0.3, -0.25) is 14.5 Å². The lowest BCUT2D eigenvalue weighted by Gasteiger charge is -2.38. The van der Waals surface area contributed by atoms with Gasteiger partial charge in [-0.15, -0.1) is 11.3 Å². The topological polar surface area (TPSA) is 43.9 Å². The molecule has 0 radical (unpaired) electrons. The molecular weight excluding hydrogens is 425 g/mol. The Hall–Kier alpha value is -2.25. The maximum atomic E-state index is 14.0. The number of hydrogen-bond donors (Lipinski definition) is 0. The molecule has 2 aliphatic rings. The molecule has 2 amide bonds. The summed E-state index contributed by atoms with van der Waals surface area (Å²) >= 11 is 1.76. The van der Waals surface area contributed by atoms with Crippen molar-refractivity contribution >= 4 is 23.2 Å². The molecule has 0 saturated carbocycles. The van der Waals surface area contributed by atoms with Crippen molar-refractivity contribution in [1.29, 1.82) is 0 Å². The normalized spacial score (nSPS) is 19.3. The first-order chi connectivity index (χ1) is 15.4. The minimum Gasteiger partial charge on any atom is -0.339 e. The number of rotatable bonds is 6. The van der Waals surface area contributed by atoms with Gasteiger partial charge in [0.15, 0.2) is 0 Å². The van der Waals surface area contributed by atoms with E-state index in [1.54, 1.807) is 23.5 Å². The van der Waals surface area contributed by atoms with Gasteiger partial charge in [-0.2, -0.15) is 0 Å². The molecule has 1 atom stereocenters. The van der Waals surface area contributed by atoms with Crippen molar-refractivity contribution in [2.75, 3.05) is 39.3 Å². The lowest BCUT2D eigenvalue weighted by Crippen LogP contribution is -2.51. The predicted molar refractivity (Wildman–Crippen MR) is 125 cm³/mol. The average Bonchev–Trinajstić information content (AvgIpc) is 3.25. The number of amides is 2. The standard InChI is InChI=1S/C25H32FN3O2S/c1-18(2)16-24(31)28-13-11-27(12-14-28)23(30)7-10-29-9-6-22-21(8-15-32-22)25(29)19-4-3-5-20(26)17-19/h3-5,8,15,17-18,25H,6-7,9-14,16H2,1-2H3. The monoisotopic (exact) mass is 457 g/mol. The van der Waals surface area contributed by atoms with E-state index < -0.39 is 0 Å². The largest absolute Gasteiger partial charge is 0.339 e. The van der Waals surface area contributed by atoms with E-state index in [4.69, 9.17) is 0 Å². The second-order valence-corrected chi connectivity index (χ2v) is 10.2. The van der Waals surface area contributed by atoms with Crippen LogP contribution in [0.5, 0.6) is 0 Å². The maximum absolute atomic E-state index is 14.0. The summed E-state index contributed by atoms with van der Waals surface area (Å²) in [7, 11) is 0. The molecule has 0 bridgehead atoms. The molecule has 2 aromatic rings. The van der Waals surface area contributed by atoms with E-state index in [2.05, 4.69) is 30.2 Å². The van der Waals surface area contributed by atoms with Crippen molar-refractivity contribution in [3.8, 4) is 0 Å². The highest BCUT2D eigenvalue weighted by molar-refractivity contribution is 7.10. The van der Waals surface area contributed by atoms with Crippen LogP contribution in [0, 0.1) is 11.7 Å². The van der Waals surface area contributed by atoms with Crippen LogP contribution in [-0.2, 0) is 16.0 Å². The van der Waals surface area contributed by atoms with Gasteiger partial charge in [0.25, 0.3) is 0 Å². The zero-order chi connectivity index (χ0) is 22.7. The SMILES string of the molecule is CC(C)CC(=O)N1CCN(C(=O)CCN2CCc3sccc3C2c2cccc(F)c2)CC1. The molecule has 3 heterocycles. The third-order valence-electron chi connectivity index (χ3n) is 6.41. The van der Waals surface area contributed by atoms with Crippen LogP contribution in [-0.4, -0.2) is 65.8 Å². The molecule has 32 heavy (non-hydrogen) atoms. The van der Waals surface area contributed by atoms with Gasteiger partial charge in [-0.1, -0.05) is 26.0 Å². The Morgan fingerprint density at radius 2 is 1.78 bits per heavy atom. The number of fused-ring (bicyclic) bond motifs is 1. The molecule has 0 N–H and O–H groups in total. The van der Waals surface area contributed by atoms with Crippen LogP contribution in [0.3, 0.4) is 0 Å². The van der Waals surface area contributed by atoms with Crippen molar-refractivity contribution in [2.24, 2.45) is 5.92 Å². The minimum absolute atomic E-state index is 0.0148. The van der Waals surface area contributed by atoms with E-state index >= 15 is 0 Å². The Balaban J connectivity index is 1.37. The lowest BCUT2D eigenvalue weighted by atomic mass is 9.93. The number of carbonyl (C=O) groups excluding carboxylic acids is 2. The molecular formula is C25H32FN3O2S. The molecule has 1 aromatic heterocycles. The molecule has 1 aromatic carbocycles. The van der Waals surface area contributed by atoms with E-state index in [0.717, 1.165) is 18.5 Å². The fourth-order valence-corrected chi connectivity index (χ4v) is 5.66. The highest BCUT2D eigenvalue weighted by atomic mass is 32.1. The van der Waals surface area contributed by atoms with Crippen LogP contribution >= 0.6 is 11.3 Å². The van der Waals surface area contributed by atoms with Crippen molar-refractivity contribution in [1.82, 2.24) is 14.7 Å². The number of piperazine rings is 1. The first kappa shape index (κ1) is 22.9. The predicted octanol–water partition coefficient (Wildman–Crippen LogP) is 3.94. The van der Waals surface area contributed by atoms with Gasteiger partial charge in [0.1, 0.15) is 5.82 Å². The first-order valence-corrected chi connectivity index (χ1v) is 12.4. The maximum Gasteiger partial charge on any atom is 0.223 e. The Morgan fingerprint density at radius 3 is 2.47 bits per heavy atom. The number of halogens is 1. The summed E-state index contributed by atoms with van der Waals surface area (Å²) in [5.74, 6) is 0.437. The summed E-state index contributed by atoms with van der Waals surface area (Å²) in [5.41, 5.74) is 2.17. The Bertz CT molecular complexity index is 952. The molecule has 1 saturated heterocycles. The summed E-state index contributed by atoms with van der Waals surface area (Å²) in [6.45, 7) is 8.04. The Kier molecular flexibility index (Phi) is 7.26. The van der Waals surface area contributed by atoms with Crippen molar-refractivity contribution in [2.45, 2.75) is 39.2 Å². The smallest absolute Gasteiger partial charge is 0.223 e. The van der Waals surface area contributed by atoms with E-state index in [1.807, 2.05) is 15.9 Å². The number of carbonyl (C=O) groups is 2. The third kappa shape index (κ3) is 5.21. The summed E-state index contributed by atoms with van der Waals surface area (Å²) in [4.78, 5) is 32.6. The molecule has 172 valence electrons. The molecule has 0 spiro atoms. The van der Waals surface area contributed by atoms with E-state index in [0.29, 0.717) is 51.5 Å². The average molecular weight is 458 g/mol. The van der Waals surface area contributed by atoms with Gasteiger partial charge < -0.3 is 9.80 Å². The summed E-state index contributed by atoms with van der Waals surface area (Å²) < 4.78 is 14.0. The van der Waals surface area contributed by atoms with Crippen LogP contribution < -0.4 is 0 Å². The molecule has 1 unspecified atom stereocenters. The van der Waals surface area contributed by atoms with E-state index in [-0.39, 0.29) is 23.7 Å². The Morgan fingerprint density at radius 1 is 1.06 bits per heavy atom. The van der Waals surface area contributed by atoms with Gasteiger partial charge in [0.05, 0.1) is 6.04 Å². The summed E-state index contributed by atoms with van der Waals surface area (Å²) in [6.07, 6.45) is 1.96. The van der Waals surface area contributed by atoms with Gasteiger partial charge in [0, 0.05) is 57.0 Å². The van der Waals surface area contributed by atoms with Crippen LogP contribution in [0.15, 0.2) is 35.7 Å². The minimum atomic E-state index is -0.231. The number of hydrogen-bond acceptors (Lipinski definition) is 4. The Labute approximate surface area is 193 Å². The molecule has 2 aliphatic heterocycles. The zero-order valence-electron chi connectivity index (χ0n) is 18.9. The highest BCUT2D eigenvalue weighted by Gasteiger charge is 2.31. The quantitative estimate of drug-likeness (QED) is 0.660. The van der Waals surface area contributed by atoms with Crippen LogP contribution in [0.2, 0.25) is 0 Å². The lowest BCUT2D eigenvalue weighted by molar-refractivity contribution is -0.140.